The molecule has 2 heterocycles. The van der Waals surface area contributed by atoms with Crippen molar-refractivity contribution in [3.63, 3.8) is 0 Å². The highest BCUT2D eigenvalue weighted by Gasteiger charge is 2.41. The van der Waals surface area contributed by atoms with E-state index in [0.29, 0.717) is 0 Å². The maximum atomic E-state index is 2.52. The number of fused-ring (bicyclic) bond motifs is 6. The lowest BCUT2D eigenvalue weighted by molar-refractivity contribution is 1.16. The molecule has 0 saturated carbocycles. The quantitative estimate of drug-likeness (QED) is 0.107. The van der Waals surface area contributed by atoms with Crippen LogP contribution in [0, 0.1) is 0 Å². The van der Waals surface area contributed by atoms with E-state index in [4.69, 9.17) is 0 Å². The number of rotatable bonds is 8. The van der Waals surface area contributed by atoms with Crippen LogP contribution >= 0.6 is 0 Å². The van der Waals surface area contributed by atoms with Crippen LogP contribution in [-0.4, -0.2) is 17.2 Å². The van der Waals surface area contributed by atoms with Crippen LogP contribution in [0.15, 0.2) is 255 Å². The Morgan fingerprint density at radius 3 is 1.41 bits per heavy atom. The summed E-state index contributed by atoms with van der Waals surface area (Å²) in [6.07, 6.45) is 0. The van der Waals surface area contributed by atoms with E-state index >= 15 is 0 Å². The Labute approximate surface area is 368 Å². The molecule has 12 rings (SSSR count). The monoisotopic (exact) mass is 818 g/mol. The molecule has 296 valence electrons. The summed E-state index contributed by atoms with van der Waals surface area (Å²) in [6, 6.07) is 94.2. The summed E-state index contributed by atoms with van der Waals surface area (Å²) in [6.45, 7) is 0. The number of benzene rings is 10. The van der Waals surface area contributed by atoms with Gasteiger partial charge in [-0.15, -0.1) is 0 Å². The van der Waals surface area contributed by atoms with Gasteiger partial charge in [0.25, 0.3) is 0 Å². The first kappa shape index (κ1) is 36.8. The van der Waals surface area contributed by atoms with E-state index in [1.54, 1.807) is 0 Å². The molecular weight excluding hydrogens is 777 g/mol. The third-order valence-electron chi connectivity index (χ3n) is 13.1. The van der Waals surface area contributed by atoms with E-state index in [1.807, 2.05) is 0 Å². The van der Waals surface area contributed by atoms with E-state index < -0.39 is 8.07 Å². The Hall–Kier alpha value is -7.98. The van der Waals surface area contributed by atoms with Gasteiger partial charge in [-0.1, -0.05) is 212 Å². The molecule has 0 spiro atoms. The van der Waals surface area contributed by atoms with E-state index in [0.717, 1.165) is 11.4 Å². The Kier molecular flexibility index (Phi) is 8.87. The lowest BCUT2D eigenvalue weighted by atomic mass is 9.98. The van der Waals surface area contributed by atoms with Gasteiger partial charge in [0.2, 0.25) is 0 Å². The summed E-state index contributed by atoms with van der Waals surface area (Å²) in [5.41, 5.74) is 11.8. The lowest BCUT2D eigenvalue weighted by Gasteiger charge is -2.34. The first-order valence-corrected chi connectivity index (χ1v) is 23.8. The Morgan fingerprint density at radius 2 is 0.746 bits per heavy atom. The highest BCUT2D eigenvalue weighted by atomic mass is 28.3. The average Bonchev–Trinajstić information content (AvgIpc) is 3.88. The van der Waals surface area contributed by atoms with Gasteiger partial charge in [0, 0.05) is 32.8 Å². The van der Waals surface area contributed by atoms with E-state index in [1.165, 1.54) is 86.6 Å². The first-order valence-electron chi connectivity index (χ1n) is 21.8. The van der Waals surface area contributed by atoms with Gasteiger partial charge in [0.05, 0.1) is 27.8 Å². The van der Waals surface area contributed by atoms with Crippen LogP contribution in [-0.2, 0) is 0 Å². The number of hydrogen-bond donors (Lipinski definition) is 0. The predicted molar refractivity (Wildman–Crippen MR) is 270 cm³/mol. The van der Waals surface area contributed by atoms with Crippen LogP contribution in [0.1, 0.15) is 0 Å². The van der Waals surface area contributed by atoms with E-state index in [9.17, 15) is 0 Å². The van der Waals surface area contributed by atoms with Crippen LogP contribution < -0.4 is 20.7 Å². The number of para-hydroxylation sites is 3. The highest BCUT2D eigenvalue weighted by molar-refractivity contribution is 7.20. The molecule has 2 aromatic heterocycles. The largest absolute Gasteiger partial charge is 0.309 e. The molecule has 0 amide bonds. The molecule has 0 bridgehead atoms. The molecule has 0 unspecified atom stereocenters. The molecular formula is C60H42N2Si. The van der Waals surface area contributed by atoms with Crippen molar-refractivity contribution in [1.82, 2.24) is 9.13 Å². The predicted octanol–water partition coefficient (Wildman–Crippen LogP) is 12.6. The van der Waals surface area contributed by atoms with Gasteiger partial charge in [-0.2, -0.15) is 0 Å². The van der Waals surface area contributed by atoms with Crippen molar-refractivity contribution in [3.8, 4) is 33.6 Å². The molecule has 0 aliphatic carbocycles. The minimum absolute atomic E-state index is 1.13. The van der Waals surface area contributed by atoms with Crippen molar-refractivity contribution in [2.45, 2.75) is 0 Å². The maximum absolute atomic E-state index is 2.74. The van der Waals surface area contributed by atoms with Gasteiger partial charge in [-0.3, -0.25) is 0 Å². The number of nitrogens with zero attached hydrogens (tertiary/aromatic N) is 2. The van der Waals surface area contributed by atoms with Crippen LogP contribution in [0.3, 0.4) is 0 Å². The molecule has 3 heteroatoms. The van der Waals surface area contributed by atoms with E-state index in [2.05, 4.69) is 264 Å². The van der Waals surface area contributed by atoms with Crippen molar-refractivity contribution in [1.29, 1.82) is 0 Å². The van der Waals surface area contributed by atoms with Crippen LogP contribution in [0.5, 0.6) is 0 Å². The molecule has 63 heavy (non-hydrogen) atoms. The minimum atomic E-state index is -2.74. The molecule has 0 aliphatic rings. The third kappa shape index (κ3) is 5.93. The number of hydrogen-bond acceptors (Lipinski definition) is 0. The molecule has 0 radical (unpaired) electrons. The summed E-state index contributed by atoms with van der Waals surface area (Å²) in [5, 5.41) is 10.5. The molecule has 0 atom stereocenters. The molecule has 0 aliphatic heterocycles. The number of aromatic nitrogens is 2. The normalized spacial score (nSPS) is 11.8. The third-order valence-corrected chi connectivity index (χ3v) is 17.8. The fourth-order valence-corrected chi connectivity index (χ4v) is 15.1. The zero-order valence-corrected chi connectivity index (χ0v) is 35.6. The summed E-state index contributed by atoms with van der Waals surface area (Å²) in [5.74, 6) is 0. The van der Waals surface area contributed by atoms with Crippen LogP contribution in [0.25, 0.3) is 77.2 Å². The van der Waals surface area contributed by atoms with Gasteiger partial charge >= 0.3 is 0 Å². The molecule has 10 aromatic carbocycles. The van der Waals surface area contributed by atoms with Gasteiger partial charge in [0.1, 0.15) is 0 Å². The first-order chi connectivity index (χ1) is 31.3. The van der Waals surface area contributed by atoms with Crippen molar-refractivity contribution < 1.29 is 0 Å². The zero-order valence-electron chi connectivity index (χ0n) is 34.6. The molecule has 0 N–H and O–H groups in total. The fraction of sp³-hybridized carbons (Fsp3) is 0. The molecule has 0 saturated heterocycles. The second-order valence-corrected chi connectivity index (χ2v) is 20.3. The second-order valence-electron chi connectivity index (χ2n) is 16.5. The van der Waals surface area contributed by atoms with Crippen molar-refractivity contribution in [2.75, 3.05) is 0 Å². The van der Waals surface area contributed by atoms with Crippen molar-refractivity contribution in [2.24, 2.45) is 0 Å². The van der Waals surface area contributed by atoms with E-state index in [-0.39, 0.29) is 0 Å². The Bertz CT molecular complexity index is 3510. The molecule has 12 aromatic rings. The zero-order chi connectivity index (χ0) is 41.7. The Balaban J connectivity index is 1.09. The molecule has 0 fully saturated rings. The van der Waals surface area contributed by atoms with Crippen molar-refractivity contribution in [3.05, 3.63) is 255 Å². The summed E-state index contributed by atoms with van der Waals surface area (Å²) in [7, 11) is -2.74. The summed E-state index contributed by atoms with van der Waals surface area (Å²) < 4.78 is 4.95. The summed E-state index contributed by atoms with van der Waals surface area (Å²) in [4.78, 5) is 0. The second kappa shape index (κ2) is 15.2. The van der Waals surface area contributed by atoms with Gasteiger partial charge in [-0.05, 0) is 79.9 Å². The van der Waals surface area contributed by atoms with Gasteiger partial charge in [0.15, 0.2) is 8.07 Å². The smallest absolute Gasteiger partial charge is 0.179 e. The lowest BCUT2D eigenvalue weighted by Crippen LogP contribution is -2.74. The Morgan fingerprint density at radius 1 is 0.254 bits per heavy atom. The van der Waals surface area contributed by atoms with Crippen LogP contribution in [0.2, 0.25) is 0 Å². The van der Waals surface area contributed by atoms with Crippen molar-refractivity contribution >= 4 is 72.4 Å². The van der Waals surface area contributed by atoms with Gasteiger partial charge < -0.3 is 9.13 Å². The fourth-order valence-electron chi connectivity index (χ4n) is 10.3. The molecule has 2 nitrogen and oxygen atoms in total. The summed E-state index contributed by atoms with van der Waals surface area (Å²) >= 11 is 0. The highest BCUT2D eigenvalue weighted by Crippen LogP contribution is 2.39. The SMILES string of the molecule is c1ccc(-c2cccc(-c3ccccc3-n3c4ccccc4c4ccc(-n5c6ccccc6c6cc([Si](c7ccccc7)(c7ccccc7)c7ccccc7)ccc65)cc43)c2)cc1. The maximum Gasteiger partial charge on any atom is 0.179 e. The minimum Gasteiger partial charge on any atom is -0.309 e. The van der Waals surface area contributed by atoms with Crippen LogP contribution in [0.4, 0.5) is 0 Å². The average molecular weight is 819 g/mol. The van der Waals surface area contributed by atoms with Gasteiger partial charge in [-0.25, -0.2) is 0 Å². The standard InChI is InChI=1S/C60H42N2Si/c1-5-20-43(21-6-1)44-22-19-23-45(40-44)51-30-13-16-33-56(51)62-58-35-18-14-31-52(58)54-38-36-46(41-60(54)62)61-57-34-17-15-32-53(57)55-42-50(37-39-59(55)61)63(47-24-7-2-8-25-47,48-26-9-3-10-27-48)49-28-11-4-12-29-49/h1-42H. The topological polar surface area (TPSA) is 9.86 Å².